The van der Waals surface area contributed by atoms with Crippen LogP contribution in [0, 0.1) is 5.92 Å². The van der Waals surface area contributed by atoms with Crippen LogP contribution in [0.5, 0.6) is 0 Å². The summed E-state index contributed by atoms with van der Waals surface area (Å²) in [5.74, 6) is 0.537. The van der Waals surface area contributed by atoms with E-state index >= 15 is 0 Å². The van der Waals surface area contributed by atoms with E-state index in [2.05, 4.69) is 17.1 Å². The molecule has 4 nitrogen and oxygen atoms in total. The highest BCUT2D eigenvalue weighted by atomic mass is 35.5. The van der Waals surface area contributed by atoms with Crippen LogP contribution in [0.3, 0.4) is 0 Å². The summed E-state index contributed by atoms with van der Waals surface area (Å²) >= 11 is 6.08. The highest BCUT2D eigenvalue weighted by molar-refractivity contribution is 6.31. The number of piperidine rings is 1. The monoisotopic (exact) mass is 309 g/mol. The van der Waals surface area contributed by atoms with E-state index in [-0.39, 0.29) is 11.9 Å². The smallest absolute Gasteiger partial charge is 0.234 e. The number of nitrogens with one attached hydrogen (secondary N) is 1. The normalized spacial score (nSPS) is 23.0. The molecule has 1 fully saturated rings. The van der Waals surface area contributed by atoms with E-state index in [1.54, 1.807) is 0 Å². The third kappa shape index (κ3) is 4.70. The molecule has 0 spiro atoms. The number of nitrogens with two attached hydrogens (primary N) is 1. The Morgan fingerprint density at radius 1 is 1.48 bits per heavy atom. The first-order chi connectivity index (χ1) is 10.1. The molecule has 1 aromatic carbocycles. The summed E-state index contributed by atoms with van der Waals surface area (Å²) in [4.78, 5) is 14.2. The van der Waals surface area contributed by atoms with Crippen LogP contribution >= 0.6 is 11.6 Å². The molecular weight excluding hydrogens is 286 g/mol. The second-order valence-electron chi connectivity index (χ2n) is 5.72. The van der Waals surface area contributed by atoms with Gasteiger partial charge >= 0.3 is 0 Å². The Labute approximate surface area is 131 Å². The minimum absolute atomic E-state index is 0.0419. The number of hydrogen-bond donors (Lipinski definition) is 2. The molecule has 1 heterocycles. The maximum Gasteiger partial charge on any atom is 0.234 e. The van der Waals surface area contributed by atoms with E-state index < -0.39 is 0 Å². The van der Waals surface area contributed by atoms with Crippen molar-refractivity contribution in [3.8, 4) is 0 Å². The Morgan fingerprint density at radius 3 is 2.95 bits per heavy atom. The SMILES string of the molecule is CCC1CN(CC(=O)NCc2ccccc2Cl)CCC1N. The largest absolute Gasteiger partial charge is 0.351 e. The molecule has 116 valence electrons. The number of amides is 1. The summed E-state index contributed by atoms with van der Waals surface area (Å²) in [7, 11) is 0. The molecule has 0 aliphatic carbocycles. The van der Waals surface area contributed by atoms with Crippen LogP contribution in [0.2, 0.25) is 5.02 Å². The van der Waals surface area contributed by atoms with Gasteiger partial charge in [0.2, 0.25) is 5.91 Å². The second kappa shape index (κ2) is 7.78. The van der Waals surface area contributed by atoms with Crippen LogP contribution in [0.25, 0.3) is 0 Å². The van der Waals surface area contributed by atoms with E-state index in [4.69, 9.17) is 17.3 Å². The zero-order valence-electron chi connectivity index (χ0n) is 12.5. The van der Waals surface area contributed by atoms with E-state index in [9.17, 15) is 4.79 Å². The van der Waals surface area contributed by atoms with Crippen LogP contribution < -0.4 is 11.1 Å². The fourth-order valence-corrected chi connectivity index (χ4v) is 3.00. The molecule has 21 heavy (non-hydrogen) atoms. The Balaban J connectivity index is 1.78. The molecule has 1 saturated heterocycles. The van der Waals surface area contributed by atoms with Gasteiger partial charge in [-0.15, -0.1) is 0 Å². The number of benzene rings is 1. The van der Waals surface area contributed by atoms with Crippen LogP contribution in [0.4, 0.5) is 0 Å². The molecule has 3 N–H and O–H groups in total. The summed E-state index contributed by atoms with van der Waals surface area (Å²) in [5, 5.41) is 3.62. The average Bonchev–Trinajstić information content (AvgIpc) is 2.48. The minimum Gasteiger partial charge on any atom is -0.351 e. The maximum atomic E-state index is 12.0. The highest BCUT2D eigenvalue weighted by Gasteiger charge is 2.26. The van der Waals surface area contributed by atoms with Gasteiger partial charge in [0.1, 0.15) is 0 Å². The van der Waals surface area contributed by atoms with Gasteiger partial charge in [-0.05, 0) is 24.0 Å². The van der Waals surface area contributed by atoms with Gasteiger partial charge in [-0.3, -0.25) is 9.69 Å². The van der Waals surface area contributed by atoms with Gasteiger partial charge in [0.05, 0.1) is 6.54 Å². The van der Waals surface area contributed by atoms with Gasteiger partial charge in [-0.2, -0.15) is 0 Å². The summed E-state index contributed by atoms with van der Waals surface area (Å²) in [6, 6.07) is 7.84. The van der Waals surface area contributed by atoms with Crippen molar-refractivity contribution in [3.05, 3.63) is 34.9 Å². The highest BCUT2D eigenvalue weighted by Crippen LogP contribution is 2.18. The van der Waals surface area contributed by atoms with Crippen LogP contribution in [-0.2, 0) is 11.3 Å². The number of carbonyl (C=O) groups excluding carboxylic acids is 1. The van der Waals surface area contributed by atoms with Crippen molar-refractivity contribution in [2.45, 2.75) is 32.4 Å². The van der Waals surface area contributed by atoms with Crippen LogP contribution in [0.1, 0.15) is 25.3 Å². The van der Waals surface area contributed by atoms with E-state index in [1.807, 2.05) is 24.3 Å². The van der Waals surface area contributed by atoms with E-state index in [1.165, 1.54) is 0 Å². The zero-order chi connectivity index (χ0) is 15.2. The third-order valence-electron chi connectivity index (χ3n) is 4.20. The molecular formula is C16H24ClN3O. The second-order valence-corrected chi connectivity index (χ2v) is 6.13. The fraction of sp³-hybridized carbons (Fsp3) is 0.562. The van der Waals surface area contributed by atoms with E-state index in [0.29, 0.717) is 24.0 Å². The standard InChI is InChI=1S/C16H24ClN3O/c1-2-12-10-20(8-7-15(12)18)11-16(21)19-9-13-5-3-4-6-14(13)17/h3-6,12,15H,2,7-11,18H2,1H3,(H,19,21). The predicted octanol–water partition coefficient (Wildman–Crippen LogP) is 2.02. The molecule has 2 unspecified atom stereocenters. The summed E-state index contributed by atoms with van der Waals surface area (Å²) in [6.45, 7) is 4.89. The number of hydrogen-bond acceptors (Lipinski definition) is 3. The lowest BCUT2D eigenvalue weighted by Crippen LogP contribution is -2.49. The van der Waals surface area contributed by atoms with Crippen LogP contribution in [0.15, 0.2) is 24.3 Å². The Hall–Kier alpha value is -1.10. The molecule has 1 aromatic rings. The molecule has 0 radical (unpaired) electrons. The first-order valence-corrected chi connectivity index (χ1v) is 7.96. The number of likely N-dealkylation sites (tertiary alicyclic amines) is 1. The lowest BCUT2D eigenvalue weighted by atomic mass is 9.91. The Bertz CT molecular complexity index is 480. The van der Waals surface area contributed by atoms with Crippen molar-refractivity contribution < 1.29 is 4.79 Å². The lowest BCUT2D eigenvalue weighted by molar-refractivity contribution is -0.122. The van der Waals surface area contributed by atoms with Crippen LogP contribution in [-0.4, -0.2) is 36.5 Å². The minimum atomic E-state index is 0.0419. The Kier molecular flexibility index (Phi) is 6.03. The van der Waals surface area contributed by atoms with Crippen molar-refractivity contribution in [1.29, 1.82) is 0 Å². The quantitative estimate of drug-likeness (QED) is 0.875. The first-order valence-electron chi connectivity index (χ1n) is 7.58. The van der Waals surface area contributed by atoms with Crippen molar-refractivity contribution in [2.75, 3.05) is 19.6 Å². The van der Waals surface area contributed by atoms with Crippen molar-refractivity contribution in [2.24, 2.45) is 11.7 Å². The molecule has 2 atom stereocenters. The summed E-state index contributed by atoms with van der Waals surface area (Å²) in [5.41, 5.74) is 7.04. The average molecular weight is 310 g/mol. The van der Waals surface area contributed by atoms with Gasteiger partial charge in [0.25, 0.3) is 0 Å². The molecule has 1 amide bonds. The van der Waals surface area contributed by atoms with Gasteiger partial charge in [0.15, 0.2) is 0 Å². The number of carbonyl (C=O) groups is 1. The summed E-state index contributed by atoms with van der Waals surface area (Å²) < 4.78 is 0. The maximum absolute atomic E-state index is 12.0. The molecule has 1 aliphatic rings. The fourth-order valence-electron chi connectivity index (χ4n) is 2.80. The van der Waals surface area contributed by atoms with Gasteiger partial charge in [-0.1, -0.05) is 43.1 Å². The topological polar surface area (TPSA) is 58.4 Å². The molecule has 2 rings (SSSR count). The number of halogens is 1. The van der Waals surface area contributed by atoms with Gasteiger partial charge in [-0.25, -0.2) is 0 Å². The molecule has 0 saturated carbocycles. The van der Waals surface area contributed by atoms with Crippen molar-refractivity contribution >= 4 is 17.5 Å². The van der Waals surface area contributed by atoms with E-state index in [0.717, 1.165) is 31.5 Å². The molecule has 0 aromatic heterocycles. The van der Waals surface area contributed by atoms with Crippen molar-refractivity contribution in [3.63, 3.8) is 0 Å². The molecule has 1 aliphatic heterocycles. The third-order valence-corrected chi connectivity index (χ3v) is 4.57. The lowest BCUT2D eigenvalue weighted by Gasteiger charge is -2.36. The Morgan fingerprint density at radius 2 is 2.24 bits per heavy atom. The number of rotatable bonds is 5. The van der Waals surface area contributed by atoms with Gasteiger partial charge < -0.3 is 11.1 Å². The summed E-state index contributed by atoms with van der Waals surface area (Å²) in [6.07, 6.45) is 2.04. The first kappa shape index (κ1) is 16.3. The predicted molar refractivity (Wildman–Crippen MR) is 86.1 cm³/mol. The number of nitrogens with zero attached hydrogens (tertiary/aromatic N) is 1. The van der Waals surface area contributed by atoms with Gasteiger partial charge in [0, 0.05) is 30.7 Å². The molecule has 0 bridgehead atoms. The zero-order valence-corrected chi connectivity index (χ0v) is 13.3. The van der Waals surface area contributed by atoms with Crippen molar-refractivity contribution in [1.82, 2.24) is 10.2 Å². The molecule has 5 heteroatoms.